The first kappa shape index (κ1) is 16.6. The summed E-state index contributed by atoms with van der Waals surface area (Å²) in [5, 5.41) is 2.40. The molecule has 1 aromatic heterocycles. The van der Waals surface area contributed by atoms with Crippen molar-refractivity contribution in [3.05, 3.63) is 77.5 Å². The van der Waals surface area contributed by atoms with Crippen molar-refractivity contribution >= 4 is 11.6 Å². The maximum absolute atomic E-state index is 13.4. The van der Waals surface area contributed by atoms with Crippen molar-refractivity contribution in [3.63, 3.8) is 0 Å². The zero-order valence-electron chi connectivity index (χ0n) is 13.3. The van der Waals surface area contributed by atoms with Crippen LogP contribution >= 0.6 is 0 Å². The molecule has 25 heavy (non-hydrogen) atoms. The third kappa shape index (κ3) is 3.82. The van der Waals surface area contributed by atoms with E-state index in [0.29, 0.717) is 12.2 Å². The van der Waals surface area contributed by atoms with E-state index in [9.17, 15) is 13.6 Å². The van der Waals surface area contributed by atoms with Crippen molar-refractivity contribution in [3.8, 4) is 5.75 Å². The van der Waals surface area contributed by atoms with E-state index in [4.69, 9.17) is 9.15 Å². The first-order chi connectivity index (χ1) is 12.1. The number of halogens is 2. The molecule has 1 amide bonds. The summed E-state index contributed by atoms with van der Waals surface area (Å²) in [5.41, 5.74) is 0.988. The fourth-order valence-electron chi connectivity index (χ4n) is 2.26. The fraction of sp³-hybridized carbons (Fsp3) is 0.111. The van der Waals surface area contributed by atoms with Gasteiger partial charge in [-0.3, -0.25) is 4.79 Å². The number of nitrogens with zero attached hydrogens (tertiary/aromatic N) is 1. The molecule has 0 fully saturated rings. The molecule has 0 aliphatic carbocycles. The average Bonchev–Trinajstić information content (AvgIpc) is 3.07. The second-order valence-corrected chi connectivity index (χ2v) is 5.21. The van der Waals surface area contributed by atoms with Crippen molar-refractivity contribution in [1.29, 1.82) is 0 Å². The monoisotopic (exact) mass is 344 g/mol. The maximum atomic E-state index is 13.4. The van der Waals surface area contributed by atoms with E-state index in [1.807, 2.05) is 30.3 Å². The summed E-state index contributed by atoms with van der Waals surface area (Å²) in [4.78, 5) is 16.1. The van der Waals surface area contributed by atoms with Gasteiger partial charge < -0.3 is 14.5 Å². The number of amides is 1. The van der Waals surface area contributed by atoms with E-state index >= 15 is 0 Å². The molecule has 3 aromatic rings. The molecule has 0 aliphatic rings. The number of carbonyl (C=O) groups excluding carboxylic acids is 1. The fourth-order valence-corrected chi connectivity index (χ4v) is 2.26. The second-order valence-electron chi connectivity index (χ2n) is 5.21. The second kappa shape index (κ2) is 7.12. The Morgan fingerprint density at radius 3 is 2.64 bits per heavy atom. The molecule has 0 unspecified atom stereocenters. The highest BCUT2D eigenvalue weighted by atomic mass is 19.2. The van der Waals surface area contributed by atoms with Crippen molar-refractivity contribution in [2.45, 2.75) is 6.42 Å². The minimum atomic E-state index is -1.10. The Balaban J connectivity index is 1.75. The summed E-state index contributed by atoms with van der Waals surface area (Å²) in [6, 6.07) is 11.2. The lowest BCUT2D eigenvalue weighted by atomic mass is 10.1. The van der Waals surface area contributed by atoms with Gasteiger partial charge in [-0.25, -0.2) is 13.8 Å². The number of aromatic nitrogens is 1. The third-order valence-corrected chi connectivity index (χ3v) is 3.46. The zero-order valence-corrected chi connectivity index (χ0v) is 13.3. The summed E-state index contributed by atoms with van der Waals surface area (Å²) in [6.45, 7) is 0. The minimum Gasteiger partial charge on any atom is -0.494 e. The summed E-state index contributed by atoms with van der Waals surface area (Å²) >= 11 is 0. The number of methoxy groups -OCH3 is 1. The first-order valence-corrected chi connectivity index (χ1v) is 7.40. The van der Waals surface area contributed by atoms with E-state index in [2.05, 4.69) is 10.3 Å². The molecular weight excluding hydrogens is 330 g/mol. The lowest BCUT2D eigenvalue weighted by Gasteiger charge is -2.09. The summed E-state index contributed by atoms with van der Waals surface area (Å²) in [6.07, 6.45) is 1.93. The topological polar surface area (TPSA) is 64.4 Å². The Hall–Kier alpha value is -3.22. The van der Waals surface area contributed by atoms with Crippen LogP contribution in [0.15, 0.2) is 53.1 Å². The summed E-state index contributed by atoms with van der Waals surface area (Å²) < 4.78 is 36.9. The van der Waals surface area contributed by atoms with Crippen LogP contribution in [0, 0.1) is 11.6 Å². The molecule has 0 aliphatic heterocycles. The maximum Gasteiger partial charge on any atom is 0.311 e. The Morgan fingerprint density at radius 2 is 1.92 bits per heavy atom. The van der Waals surface area contributed by atoms with Crippen LogP contribution in [0.1, 0.15) is 22.0 Å². The molecule has 3 rings (SSSR count). The van der Waals surface area contributed by atoms with Crippen LogP contribution < -0.4 is 10.1 Å². The molecule has 0 radical (unpaired) electrons. The van der Waals surface area contributed by atoms with Crippen LogP contribution in [0.25, 0.3) is 0 Å². The molecule has 0 saturated heterocycles. The predicted octanol–water partition coefficient (Wildman–Crippen LogP) is 3.80. The molecule has 2 aromatic carbocycles. The Bertz CT molecular complexity index is 895. The van der Waals surface area contributed by atoms with E-state index in [0.717, 1.165) is 17.7 Å². The zero-order chi connectivity index (χ0) is 17.8. The quantitative estimate of drug-likeness (QED) is 0.764. The molecule has 5 nitrogen and oxygen atoms in total. The average molecular weight is 344 g/mol. The van der Waals surface area contributed by atoms with Gasteiger partial charge in [-0.15, -0.1) is 0 Å². The van der Waals surface area contributed by atoms with E-state index in [1.165, 1.54) is 13.3 Å². The Morgan fingerprint density at radius 1 is 1.20 bits per heavy atom. The van der Waals surface area contributed by atoms with Gasteiger partial charge in [0.25, 0.3) is 5.89 Å². The van der Waals surface area contributed by atoms with Gasteiger partial charge in [0.1, 0.15) is 11.5 Å². The number of oxazole rings is 1. The number of anilines is 1. The summed E-state index contributed by atoms with van der Waals surface area (Å²) in [5.74, 6) is -2.55. The van der Waals surface area contributed by atoms with Crippen LogP contribution in [0.3, 0.4) is 0 Å². The largest absolute Gasteiger partial charge is 0.494 e. The van der Waals surface area contributed by atoms with Gasteiger partial charge >= 0.3 is 5.91 Å². The third-order valence-electron chi connectivity index (χ3n) is 3.46. The number of benzene rings is 2. The van der Waals surface area contributed by atoms with Crippen LogP contribution in [0.2, 0.25) is 0 Å². The van der Waals surface area contributed by atoms with Crippen LogP contribution in [-0.4, -0.2) is 18.0 Å². The summed E-state index contributed by atoms with van der Waals surface area (Å²) in [7, 11) is 1.28. The highest BCUT2D eigenvalue weighted by Crippen LogP contribution is 2.27. The molecule has 128 valence electrons. The van der Waals surface area contributed by atoms with Crippen molar-refractivity contribution in [1.82, 2.24) is 4.98 Å². The standard InChI is InChI=1S/C18H14F2N2O3/c1-24-16-9-14(20)13(19)8-15(16)22-17(23)18-21-10-12(25-18)7-11-5-3-2-4-6-11/h2-6,8-10H,7H2,1H3,(H,22,23). The number of hydrogen-bond donors (Lipinski definition) is 1. The van der Waals surface area contributed by atoms with Gasteiger partial charge in [0.15, 0.2) is 11.6 Å². The number of rotatable bonds is 5. The van der Waals surface area contributed by atoms with Crippen LogP contribution in [0.5, 0.6) is 5.75 Å². The van der Waals surface area contributed by atoms with Gasteiger partial charge in [-0.05, 0) is 5.56 Å². The normalized spacial score (nSPS) is 10.5. The van der Waals surface area contributed by atoms with Crippen molar-refractivity contribution < 1.29 is 22.7 Å². The number of carbonyl (C=O) groups is 1. The Labute approximate surface area is 142 Å². The smallest absolute Gasteiger partial charge is 0.311 e. The lowest BCUT2D eigenvalue weighted by Crippen LogP contribution is -2.13. The van der Waals surface area contributed by atoms with E-state index in [1.54, 1.807) is 0 Å². The number of ether oxygens (including phenoxy) is 1. The van der Waals surface area contributed by atoms with Gasteiger partial charge in [-0.1, -0.05) is 30.3 Å². The van der Waals surface area contributed by atoms with Crippen molar-refractivity contribution in [2.24, 2.45) is 0 Å². The predicted molar refractivity (Wildman–Crippen MR) is 86.6 cm³/mol. The molecule has 1 N–H and O–H groups in total. The highest BCUT2D eigenvalue weighted by molar-refractivity contribution is 6.01. The first-order valence-electron chi connectivity index (χ1n) is 7.40. The molecule has 0 spiro atoms. The van der Waals surface area contributed by atoms with E-state index in [-0.39, 0.29) is 17.3 Å². The van der Waals surface area contributed by atoms with E-state index < -0.39 is 17.5 Å². The van der Waals surface area contributed by atoms with Crippen LogP contribution in [0.4, 0.5) is 14.5 Å². The molecule has 7 heteroatoms. The lowest BCUT2D eigenvalue weighted by molar-refractivity contribution is 0.0988. The molecule has 0 bridgehead atoms. The van der Waals surface area contributed by atoms with Crippen LogP contribution in [-0.2, 0) is 6.42 Å². The number of nitrogens with one attached hydrogen (secondary N) is 1. The van der Waals surface area contributed by atoms with Gasteiger partial charge in [-0.2, -0.15) is 0 Å². The van der Waals surface area contributed by atoms with Crippen molar-refractivity contribution in [2.75, 3.05) is 12.4 Å². The highest BCUT2D eigenvalue weighted by Gasteiger charge is 2.18. The number of hydrogen-bond acceptors (Lipinski definition) is 4. The van der Waals surface area contributed by atoms with Gasteiger partial charge in [0.2, 0.25) is 0 Å². The SMILES string of the molecule is COc1cc(F)c(F)cc1NC(=O)c1ncc(Cc2ccccc2)o1. The minimum absolute atomic E-state index is 0.0108. The molecule has 0 atom stereocenters. The molecule has 0 saturated carbocycles. The molecular formula is C18H14F2N2O3. The Kier molecular flexibility index (Phi) is 4.74. The van der Waals surface area contributed by atoms with Gasteiger partial charge in [0, 0.05) is 18.6 Å². The molecule has 1 heterocycles. The van der Waals surface area contributed by atoms with Gasteiger partial charge in [0.05, 0.1) is 19.0 Å².